The number of rotatable bonds is 7. The number of benzene rings is 1. The van der Waals surface area contributed by atoms with Crippen LogP contribution < -0.4 is 10.1 Å². The van der Waals surface area contributed by atoms with E-state index < -0.39 is 0 Å². The highest BCUT2D eigenvalue weighted by atomic mass is 32.1. The molecule has 0 aliphatic rings. The van der Waals surface area contributed by atoms with Gasteiger partial charge in [-0.15, -0.1) is 5.10 Å². The first-order valence-electron chi connectivity index (χ1n) is 7.45. The minimum absolute atomic E-state index is 0.142. The normalized spacial score (nSPS) is 12.6. The Morgan fingerprint density at radius 2 is 1.90 bits per heavy atom. The quantitative estimate of drug-likeness (QED) is 0.846. The molecule has 5 heteroatoms. The molecule has 1 heterocycles. The van der Waals surface area contributed by atoms with E-state index in [9.17, 15) is 0 Å². The summed E-state index contributed by atoms with van der Waals surface area (Å²) in [5.74, 6) is 1.28. The van der Waals surface area contributed by atoms with Crippen LogP contribution in [0.15, 0.2) is 24.3 Å². The number of ether oxygens (including phenoxy) is 1. The number of hydrogen-bond acceptors (Lipinski definition) is 5. The molecule has 0 aliphatic heterocycles. The zero-order valence-corrected chi connectivity index (χ0v) is 13.9. The van der Waals surface area contributed by atoms with Crippen LogP contribution in [0.1, 0.15) is 55.8 Å². The molecule has 1 atom stereocenters. The molecule has 2 aromatic rings. The lowest BCUT2D eigenvalue weighted by atomic mass is 10.00. The molecule has 0 amide bonds. The Balaban J connectivity index is 2.31. The predicted molar refractivity (Wildman–Crippen MR) is 87.1 cm³/mol. The van der Waals surface area contributed by atoms with Crippen LogP contribution in [0.2, 0.25) is 0 Å². The van der Waals surface area contributed by atoms with Gasteiger partial charge >= 0.3 is 0 Å². The average molecular weight is 305 g/mol. The van der Waals surface area contributed by atoms with E-state index in [4.69, 9.17) is 4.74 Å². The van der Waals surface area contributed by atoms with Crippen LogP contribution in [-0.2, 0) is 0 Å². The number of aromatic nitrogens is 2. The van der Waals surface area contributed by atoms with Gasteiger partial charge < -0.3 is 10.1 Å². The molecule has 1 unspecified atom stereocenters. The summed E-state index contributed by atoms with van der Waals surface area (Å²) in [4.78, 5) is 1.20. The van der Waals surface area contributed by atoms with Crippen molar-refractivity contribution in [2.75, 3.05) is 13.2 Å². The van der Waals surface area contributed by atoms with E-state index in [1.54, 1.807) is 0 Å². The maximum absolute atomic E-state index is 5.51. The lowest BCUT2D eigenvalue weighted by Crippen LogP contribution is -2.22. The maximum atomic E-state index is 5.51. The Labute approximate surface area is 130 Å². The van der Waals surface area contributed by atoms with Gasteiger partial charge in [0.1, 0.15) is 5.75 Å². The fourth-order valence-electron chi connectivity index (χ4n) is 2.29. The highest BCUT2D eigenvalue weighted by Gasteiger charge is 2.22. The van der Waals surface area contributed by atoms with Gasteiger partial charge in [-0.25, -0.2) is 0 Å². The second kappa shape index (κ2) is 7.52. The lowest BCUT2D eigenvalue weighted by molar-refractivity contribution is 0.340. The monoisotopic (exact) mass is 305 g/mol. The summed E-state index contributed by atoms with van der Waals surface area (Å²) in [7, 11) is 0. The van der Waals surface area contributed by atoms with Crippen molar-refractivity contribution in [3.05, 3.63) is 40.4 Å². The van der Waals surface area contributed by atoms with Gasteiger partial charge in [-0.05, 0) is 48.6 Å². The summed E-state index contributed by atoms with van der Waals surface area (Å²) >= 11 is 1.48. The number of hydrogen-bond donors (Lipinski definition) is 1. The molecular formula is C16H23N3OS. The van der Waals surface area contributed by atoms with E-state index >= 15 is 0 Å². The second-order valence-electron chi connectivity index (χ2n) is 5.17. The second-order valence-corrected chi connectivity index (χ2v) is 5.96. The molecule has 0 radical (unpaired) electrons. The smallest absolute Gasteiger partial charge is 0.119 e. The van der Waals surface area contributed by atoms with Gasteiger partial charge in [-0.1, -0.05) is 37.4 Å². The Morgan fingerprint density at radius 1 is 1.19 bits per heavy atom. The Morgan fingerprint density at radius 3 is 2.48 bits per heavy atom. The molecule has 1 N–H and O–H groups in total. The molecule has 114 valence electrons. The third-order valence-corrected chi connectivity index (χ3v) is 4.09. The molecule has 4 nitrogen and oxygen atoms in total. The Hall–Kier alpha value is -1.46. The van der Waals surface area contributed by atoms with E-state index in [0.29, 0.717) is 12.5 Å². The van der Waals surface area contributed by atoms with Crippen LogP contribution >= 0.6 is 11.5 Å². The molecule has 0 spiro atoms. The van der Waals surface area contributed by atoms with Gasteiger partial charge in [0.2, 0.25) is 0 Å². The zero-order valence-electron chi connectivity index (χ0n) is 13.1. The van der Waals surface area contributed by atoms with Crippen LogP contribution in [0.3, 0.4) is 0 Å². The third kappa shape index (κ3) is 3.80. The molecule has 0 bridgehead atoms. The molecule has 0 saturated carbocycles. The molecule has 2 rings (SSSR count). The van der Waals surface area contributed by atoms with Gasteiger partial charge in [0.25, 0.3) is 0 Å². The van der Waals surface area contributed by atoms with Crippen LogP contribution in [0.5, 0.6) is 5.75 Å². The minimum atomic E-state index is 0.142. The predicted octanol–water partition coefficient (Wildman–Crippen LogP) is 3.76. The van der Waals surface area contributed by atoms with Crippen molar-refractivity contribution >= 4 is 11.5 Å². The van der Waals surface area contributed by atoms with E-state index in [0.717, 1.165) is 18.0 Å². The average Bonchev–Trinajstić information content (AvgIpc) is 2.95. The molecule has 21 heavy (non-hydrogen) atoms. The first-order chi connectivity index (χ1) is 10.2. The van der Waals surface area contributed by atoms with Gasteiger partial charge in [0.15, 0.2) is 0 Å². The summed E-state index contributed by atoms with van der Waals surface area (Å²) in [5.41, 5.74) is 2.30. The van der Waals surface area contributed by atoms with Crippen molar-refractivity contribution in [1.82, 2.24) is 14.9 Å². The Kier molecular flexibility index (Phi) is 5.70. The van der Waals surface area contributed by atoms with E-state index in [-0.39, 0.29) is 6.04 Å². The fourth-order valence-corrected chi connectivity index (χ4v) is 3.21. The van der Waals surface area contributed by atoms with Gasteiger partial charge in [0.05, 0.1) is 23.2 Å². The van der Waals surface area contributed by atoms with Crippen molar-refractivity contribution in [2.45, 2.75) is 39.7 Å². The first-order valence-corrected chi connectivity index (χ1v) is 8.23. The summed E-state index contributed by atoms with van der Waals surface area (Å²) in [5, 5.41) is 7.83. The topological polar surface area (TPSA) is 47.0 Å². The van der Waals surface area contributed by atoms with Crippen molar-refractivity contribution in [3.63, 3.8) is 0 Å². The van der Waals surface area contributed by atoms with Crippen molar-refractivity contribution < 1.29 is 4.74 Å². The fraction of sp³-hybridized carbons (Fsp3) is 0.500. The van der Waals surface area contributed by atoms with Gasteiger partial charge in [-0.3, -0.25) is 0 Å². The molecular weight excluding hydrogens is 282 g/mol. The lowest BCUT2D eigenvalue weighted by Gasteiger charge is -2.19. The van der Waals surface area contributed by atoms with Crippen molar-refractivity contribution in [1.29, 1.82) is 0 Å². The molecule has 0 saturated heterocycles. The highest BCUT2D eigenvalue weighted by molar-refractivity contribution is 7.05. The largest absolute Gasteiger partial charge is 0.494 e. The summed E-state index contributed by atoms with van der Waals surface area (Å²) in [6.07, 6.45) is 0. The molecule has 0 aliphatic carbocycles. The summed E-state index contributed by atoms with van der Waals surface area (Å²) in [6, 6.07) is 8.41. The van der Waals surface area contributed by atoms with Crippen LogP contribution in [-0.4, -0.2) is 22.7 Å². The maximum Gasteiger partial charge on any atom is 0.119 e. The standard InChI is InChI=1S/C16H23N3OS/c1-5-17-15(16-14(11(3)4)18-19-21-16)12-7-9-13(10-8-12)20-6-2/h7-11,15,17H,5-6H2,1-4H3. The first kappa shape index (κ1) is 15.9. The zero-order chi connectivity index (χ0) is 15.2. The molecule has 1 aromatic heterocycles. The van der Waals surface area contributed by atoms with Crippen LogP contribution in [0, 0.1) is 0 Å². The SMILES string of the molecule is CCNC(c1ccc(OCC)cc1)c1snnc1C(C)C. The van der Waals surface area contributed by atoms with Crippen molar-refractivity contribution in [2.24, 2.45) is 0 Å². The van der Waals surface area contributed by atoms with Gasteiger partial charge in [0, 0.05) is 0 Å². The van der Waals surface area contributed by atoms with Crippen LogP contribution in [0.25, 0.3) is 0 Å². The van der Waals surface area contributed by atoms with E-state index in [1.807, 2.05) is 19.1 Å². The molecule has 0 fully saturated rings. The van der Waals surface area contributed by atoms with Crippen molar-refractivity contribution in [3.8, 4) is 5.75 Å². The van der Waals surface area contributed by atoms with E-state index in [1.165, 1.54) is 22.0 Å². The third-order valence-electron chi connectivity index (χ3n) is 3.28. The van der Waals surface area contributed by atoms with Gasteiger partial charge in [-0.2, -0.15) is 0 Å². The number of nitrogens with one attached hydrogen (secondary N) is 1. The minimum Gasteiger partial charge on any atom is -0.494 e. The number of nitrogens with zero attached hydrogens (tertiary/aromatic N) is 2. The van der Waals surface area contributed by atoms with E-state index in [2.05, 4.69) is 47.8 Å². The highest BCUT2D eigenvalue weighted by Crippen LogP contribution is 2.31. The molecule has 1 aromatic carbocycles. The van der Waals surface area contributed by atoms with Crippen LogP contribution in [0.4, 0.5) is 0 Å². The Bertz CT molecular complexity index is 551. The summed E-state index contributed by atoms with van der Waals surface area (Å²) < 4.78 is 9.66. The summed E-state index contributed by atoms with van der Waals surface area (Å²) in [6.45, 7) is 10.0.